The Labute approximate surface area is 109 Å². The minimum absolute atomic E-state index is 0.445. The first kappa shape index (κ1) is 13.3. The molecule has 0 bridgehead atoms. The number of anilines is 1. The molecule has 2 atom stereocenters. The number of aliphatic hydroxyl groups is 1. The Morgan fingerprint density at radius 3 is 2.78 bits per heavy atom. The molecule has 1 fully saturated rings. The van der Waals surface area contributed by atoms with E-state index >= 15 is 0 Å². The molecule has 2 heterocycles. The summed E-state index contributed by atoms with van der Waals surface area (Å²) in [5.74, 6) is 1.02. The number of aliphatic hydroxyl groups excluding tert-OH is 1. The average molecular weight is 249 g/mol. The highest BCUT2D eigenvalue weighted by Gasteiger charge is 2.20. The summed E-state index contributed by atoms with van der Waals surface area (Å²) in [5, 5.41) is 9.50. The minimum Gasteiger partial charge on any atom is -0.389 e. The molecule has 1 N–H and O–H groups in total. The quantitative estimate of drug-likeness (QED) is 0.865. The van der Waals surface area contributed by atoms with Crippen LogP contribution in [0.5, 0.6) is 0 Å². The fraction of sp³-hybridized carbons (Fsp3) is 0.643. The Balaban J connectivity index is 2.14. The van der Waals surface area contributed by atoms with Gasteiger partial charge in [0.1, 0.15) is 5.82 Å². The van der Waals surface area contributed by atoms with E-state index in [1.807, 2.05) is 12.1 Å². The maximum Gasteiger partial charge on any atom is 0.128 e. The number of likely N-dealkylation sites (N-methyl/N-ethyl adjacent to an activating group) is 1. The molecule has 2 rings (SSSR count). The molecule has 100 valence electrons. The smallest absolute Gasteiger partial charge is 0.128 e. The van der Waals surface area contributed by atoms with E-state index in [2.05, 4.69) is 28.8 Å². The first-order chi connectivity index (χ1) is 8.58. The van der Waals surface area contributed by atoms with E-state index in [1.165, 1.54) is 6.42 Å². The number of aromatic nitrogens is 1. The first-order valence-corrected chi connectivity index (χ1v) is 6.67. The van der Waals surface area contributed by atoms with Crippen LogP contribution in [-0.2, 0) is 0 Å². The molecule has 1 aromatic heterocycles. The molecular formula is C14H23N3O. The van der Waals surface area contributed by atoms with Crippen LogP contribution in [0.15, 0.2) is 18.3 Å². The number of nitrogens with zero attached hydrogens (tertiary/aromatic N) is 3. The molecule has 0 aromatic carbocycles. The van der Waals surface area contributed by atoms with E-state index in [-0.39, 0.29) is 0 Å². The van der Waals surface area contributed by atoms with Gasteiger partial charge < -0.3 is 14.9 Å². The normalized spacial score (nSPS) is 23.8. The number of hydrogen-bond acceptors (Lipinski definition) is 4. The van der Waals surface area contributed by atoms with E-state index in [4.69, 9.17) is 0 Å². The lowest BCUT2D eigenvalue weighted by Gasteiger charge is -2.29. The maximum atomic E-state index is 9.50. The van der Waals surface area contributed by atoms with Crippen molar-refractivity contribution in [3.05, 3.63) is 23.9 Å². The lowest BCUT2D eigenvalue weighted by Crippen LogP contribution is -2.38. The summed E-state index contributed by atoms with van der Waals surface area (Å²) in [6.45, 7) is 7.27. The van der Waals surface area contributed by atoms with Gasteiger partial charge in [-0.15, -0.1) is 0 Å². The molecule has 18 heavy (non-hydrogen) atoms. The third-order valence-electron chi connectivity index (χ3n) is 3.59. The molecule has 1 aliphatic heterocycles. The van der Waals surface area contributed by atoms with E-state index < -0.39 is 6.10 Å². The molecule has 4 heteroatoms. The molecule has 0 saturated carbocycles. The minimum atomic E-state index is -0.445. The van der Waals surface area contributed by atoms with E-state index in [0.717, 1.165) is 31.0 Å². The van der Waals surface area contributed by atoms with Gasteiger partial charge in [-0.05, 0) is 45.5 Å². The number of rotatable bonds is 2. The monoisotopic (exact) mass is 249 g/mol. The fourth-order valence-corrected chi connectivity index (χ4v) is 2.53. The summed E-state index contributed by atoms with van der Waals surface area (Å²) in [6.07, 6.45) is 2.50. The van der Waals surface area contributed by atoms with Crippen LogP contribution in [0.25, 0.3) is 0 Å². The highest BCUT2D eigenvalue weighted by atomic mass is 16.3. The number of hydrogen-bond donors (Lipinski definition) is 1. The van der Waals surface area contributed by atoms with Gasteiger partial charge in [-0.3, -0.25) is 0 Å². The average Bonchev–Trinajstić information content (AvgIpc) is 2.50. The zero-order valence-corrected chi connectivity index (χ0v) is 11.5. The van der Waals surface area contributed by atoms with E-state index in [9.17, 15) is 5.11 Å². The van der Waals surface area contributed by atoms with Crippen LogP contribution >= 0.6 is 0 Å². The van der Waals surface area contributed by atoms with Gasteiger partial charge in [0.2, 0.25) is 0 Å². The van der Waals surface area contributed by atoms with Crippen LogP contribution in [0.4, 0.5) is 5.82 Å². The molecule has 0 amide bonds. The Hall–Kier alpha value is -1.13. The van der Waals surface area contributed by atoms with Crippen LogP contribution in [0.1, 0.15) is 31.9 Å². The van der Waals surface area contributed by atoms with Gasteiger partial charge in [-0.2, -0.15) is 0 Å². The van der Waals surface area contributed by atoms with Crippen molar-refractivity contribution in [2.75, 3.05) is 31.6 Å². The van der Waals surface area contributed by atoms with Gasteiger partial charge in [0.25, 0.3) is 0 Å². The van der Waals surface area contributed by atoms with Crippen LogP contribution in [0.2, 0.25) is 0 Å². The van der Waals surface area contributed by atoms with Crippen molar-refractivity contribution in [1.82, 2.24) is 9.88 Å². The molecule has 0 radical (unpaired) electrons. The van der Waals surface area contributed by atoms with Crippen LogP contribution in [-0.4, -0.2) is 47.7 Å². The van der Waals surface area contributed by atoms with E-state index in [0.29, 0.717) is 6.04 Å². The molecule has 0 spiro atoms. The largest absolute Gasteiger partial charge is 0.389 e. The van der Waals surface area contributed by atoms with Crippen LogP contribution in [0.3, 0.4) is 0 Å². The van der Waals surface area contributed by atoms with Crippen molar-refractivity contribution in [3.8, 4) is 0 Å². The van der Waals surface area contributed by atoms with Crippen molar-refractivity contribution in [3.63, 3.8) is 0 Å². The summed E-state index contributed by atoms with van der Waals surface area (Å²) < 4.78 is 0. The topological polar surface area (TPSA) is 39.6 Å². The van der Waals surface area contributed by atoms with E-state index in [1.54, 1.807) is 13.1 Å². The predicted molar refractivity (Wildman–Crippen MR) is 73.8 cm³/mol. The van der Waals surface area contributed by atoms with Crippen LogP contribution in [0, 0.1) is 0 Å². The zero-order valence-electron chi connectivity index (χ0n) is 11.5. The van der Waals surface area contributed by atoms with Crippen molar-refractivity contribution in [2.45, 2.75) is 32.4 Å². The maximum absolute atomic E-state index is 9.50. The Morgan fingerprint density at radius 1 is 1.39 bits per heavy atom. The second-order valence-electron chi connectivity index (χ2n) is 5.28. The first-order valence-electron chi connectivity index (χ1n) is 6.67. The molecule has 4 nitrogen and oxygen atoms in total. The Morgan fingerprint density at radius 2 is 2.17 bits per heavy atom. The van der Waals surface area contributed by atoms with Crippen molar-refractivity contribution >= 4 is 5.82 Å². The van der Waals surface area contributed by atoms with Crippen LogP contribution < -0.4 is 4.90 Å². The van der Waals surface area contributed by atoms with Gasteiger partial charge in [0.05, 0.1) is 6.10 Å². The molecule has 2 unspecified atom stereocenters. The molecule has 1 saturated heterocycles. The summed E-state index contributed by atoms with van der Waals surface area (Å²) in [4.78, 5) is 9.21. The van der Waals surface area contributed by atoms with Crippen molar-refractivity contribution in [1.29, 1.82) is 0 Å². The molecule has 1 aromatic rings. The second-order valence-corrected chi connectivity index (χ2v) is 5.28. The van der Waals surface area contributed by atoms with Crippen molar-refractivity contribution in [2.24, 2.45) is 0 Å². The second kappa shape index (κ2) is 5.67. The summed E-state index contributed by atoms with van der Waals surface area (Å²) in [5.41, 5.74) is 0.873. The zero-order chi connectivity index (χ0) is 13.1. The molecule has 1 aliphatic rings. The van der Waals surface area contributed by atoms with Gasteiger partial charge >= 0.3 is 0 Å². The Bertz CT molecular complexity index is 377. The SMILES string of the molecule is CC(O)c1ccc(N2CCCN(C)CC2C)nc1. The standard InChI is InChI=1S/C14H23N3O/c1-11-10-16(3)7-4-8-17(11)14-6-5-13(9-15-14)12(2)18/h5-6,9,11-12,18H,4,7-8,10H2,1-3H3. The lowest BCUT2D eigenvalue weighted by atomic mass is 10.2. The van der Waals surface area contributed by atoms with Crippen molar-refractivity contribution < 1.29 is 5.11 Å². The van der Waals surface area contributed by atoms with Gasteiger partial charge in [-0.25, -0.2) is 4.98 Å². The van der Waals surface area contributed by atoms with Gasteiger partial charge in [-0.1, -0.05) is 6.07 Å². The highest BCUT2D eigenvalue weighted by molar-refractivity contribution is 5.41. The summed E-state index contributed by atoms with van der Waals surface area (Å²) >= 11 is 0. The number of pyridine rings is 1. The molecular weight excluding hydrogens is 226 g/mol. The summed E-state index contributed by atoms with van der Waals surface area (Å²) in [6, 6.07) is 4.46. The Kier molecular flexibility index (Phi) is 4.19. The third kappa shape index (κ3) is 3.00. The van der Waals surface area contributed by atoms with Gasteiger partial charge in [0.15, 0.2) is 0 Å². The lowest BCUT2D eigenvalue weighted by molar-refractivity contribution is 0.199. The predicted octanol–water partition coefficient (Wildman–Crippen LogP) is 1.67. The third-order valence-corrected chi connectivity index (χ3v) is 3.59. The fourth-order valence-electron chi connectivity index (χ4n) is 2.53. The van der Waals surface area contributed by atoms with Gasteiger partial charge in [0, 0.05) is 25.3 Å². The summed E-state index contributed by atoms with van der Waals surface area (Å²) in [7, 11) is 2.17. The highest BCUT2D eigenvalue weighted by Crippen LogP contribution is 2.20. The molecule has 0 aliphatic carbocycles.